The lowest BCUT2D eigenvalue weighted by molar-refractivity contribution is 0.0956. The Morgan fingerprint density at radius 1 is 1.50 bits per heavy atom. The van der Waals surface area contributed by atoms with Crippen molar-refractivity contribution >= 4 is 29.9 Å². The number of hydrogen-bond acceptors (Lipinski definition) is 4. The third kappa shape index (κ3) is 5.42. The molecule has 18 heavy (non-hydrogen) atoms. The molecule has 0 radical (unpaired) electrons. The van der Waals surface area contributed by atoms with Crippen LogP contribution in [-0.2, 0) is 0 Å². The number of amides is 1. The molecule has 1 N–H and O–H groups in total. The van der Waals surface area contributed by atoms with Gasteiger partial charge in [0.2, 0.25) is 0 Å². The van der Waals surface area contributed by atoms with Gasteiger partial charge in [-0.1, -0.05) is 0 Å². The van der Waals surface area contributed by atoms with Crippen molar-refractivity contribution in [3.8, 4) is 0 Å². The van der Waals surface area contributed by atoms with Crippen LogP contribution < -0.4 is 5.32 Å². The molecule has 0 unspecified atom stereocenters. The number of rotatable bonds is 7. The number of carbonyl (C=O) groups is 1. The molecule has 0 aromatic carbocycles. The Balaban J connectivity index is 2.13. The summed E-state index contributed by atoms with van der Waals surface area (Å²) in [4.78, 5) is 15.6. The van der Waals surface area contributed by atoms with Crippen molar-refractivity contribution in [1.29, 1.82) is 0 Å². The average molecular weight is 286 g/mol. The molecule has 0 atom stereocenters. The highest BCUT2D eigenvalue weighted by molar-refractivity contribution is 7.80. The molecule has 0 saturated heterocycles. The van der Waals surface area contributed by atoms with Gasteiger partial charge in [-0.05, 0) is 46.3 Å². The number of hydrogen-bond donors (Lipinski definition) is 2. The SMILES string of the molecule is CC(C)N(C)CCCCNC(=O)c1cc(S)cs1. The van der Waals surface area contributed by atoms with Crippen molar-refractivity contribution in [2.45, 2.75) is 37.6 Å². The van der Waals surface area contributed by atoms with Crippen LogP contribution in [0.15, 0.2) is 16.3 Å². The summed E-state index contributed by atoms with van der Waals surface area (Å²) in [5.74, 6) is 0.0116. The van der Waals surface area contributed by atoms with Crippen LogP contribution in [0, 0.1) is 0 Å². The molecule has 1 rings (SSSR count). The van der Waals surface area contributed by atoms with E-state index in [9.17, 15) is 4.79 Å². The van der Waals surface area contributed by atoms with Gasteiger partial charge in [-0.25, -0.2) is 0 Å². The monoisotopic (exact) mass is 286 g/mol. The van der Waals surface area contributed by atoms with E-state index in [0.29, 0.717) is 6.04 Å². The van der Waals surface area contributed by atoms with Gasteiger partial charge in [-0.2, -0.15) is 0 Å². The molecule has 102 valence electrons. The lowest BCUT2D eigenvalue weighted by atomic mass is 10.2. The standard InChI is InChI=1S/C13H22N2OS2/c1-10(2)15(3)7-5-4-6-14-13(16)12-8-11(17)9-18-12/h8-10,17H,4-7H2,1-3H3,(H,14,16). The van der Waals surface area contributed by atoms with Gasteiger partial charge in [0.05, 0.1) is 4.88 Å². The number of nitrogens with zero attached hydrogens (tertiary/aromatic N) is 1. The van der Waals surface area contributed by atoms with E-state index in [4.69, 9.17) is 0 Å². The molecule has 0 bridgehead atoms. The van der Waals surface area contributed by atoms with Crippen molar-refractivity contribution in [3.05, 3.63) is 16.3 Å². The molecule has 0 aliphatic rings. The Hall–Kier alpha value is -0.520. The Bertz CT molecular complexity index is 377. The van der Waals surface area contributed by atoms with Crippen molar-refractivity contribution in [2.24, 2.45) is 0 Å². The molecule has 5 heteroatoms. The first-order valence-electron chi connectivity index (χ1n) is 6.26. The minimum atomic E-state index is 0.0116. The Morgan fingerprint density at radius 3 is 2.78 bits per heavy atom. The topological polar surface area (TPSA) is 32.3 Å². The third-order valence-electron chi connectivity index (χ3n) is 2.91. The van der Waals surface area contributed by atoms with Crippen molar-refractivity contribution in [1.82, 2.24) is 10.2 Å². The average Bonchev–Trinajstić information content (AvgIpc) is 2.74. The number of nitrogens with one attached hydrogen (secondary N) is 1. The maximum absolute atomic E-state index is 11.7. The first-order valence-corrected chi connectivity index (χ1v) is 7.59. The highest BCUT2D eigenvalue weighted by atomic mass is 32.1. The van der Waals surface area contributed by atoms with Crippen LogP contribution >= 0.6 is 24.0 Å². The van der Waals surface area contributed by atoms with Gasteiger partial charge < -0.3 is 10.2 Å². The molecule has 0 aliphatic carbocycles. The lowest BCUT2D eigenvalue weighted by Crippen LogP contribution is -2.28. The van der Waals surface area contributed by atoms with E-state index in [2.05, 4.69) is 43.7 Å². The third-order valence-corrected chi connectivity index (χ3v) is 4.28. The van der Waals surface area contributed by atoms with E-state index in [1.54, 1.807) is 6.07 Å². The highest BCUT2D eigenvalue weighted by Crippen LogP contribution is 2.17. The summed E-state index contributed by atoms with van der Waals surface area (Å²) < 4.78 is 0. The maximum atomic E-state index is 11.7. The normalized spacial score (nSPS) is 11.2. The molecule has 0 saturated carbocycles. The zero-order valence-electron chi connectivity index (χ0n) is 11.3. The molecule has 0 fully saturated rings. The number of thiophene rings is 1. The van der Waals surface area contributed by atoms with Crippen LogP contribution in [0.4, 0.5) is 0 Å². The van der Waals surface area contributed by atoms with Crippen molar-refractivity contribution in [3.63, 3.8) is 0 Å². The van der Waals surface area contributed by atoms with Crippen LogP contribution in [0.25, 0.3) is 0 Å². The molecule has 3 nitrogen and oxygen atoms in total. The number of carbonyl (C=O) groups excluding carboxylic acids is 1. The number of unbranched alkanes of at least 4 members (excludes halogenated alkanes) is 1. The zero-order valence-corrected chi connectivity index (χ0v) is 13.0. The molecule has 1 aromatic heterocycles. The summed E-state index contributed by atoms with van der Waals surface area (Å²) in [6.45, 7) is 6.19. The second-order valence-corrected chi connectivity index (χ2v) is 6.13. The second-order valence-electron chi connectivity index (χ2n) is 4.71. The van der Waals surface area contributed by atoms with Gasteiger partial charge >= 0.3 is 0 Å². The van der Waals surface area contributed by atoms with Crippen LogP contribution in [0.2, 0.25) is 0 Å². The highest BCUT2D eigenvalue weighted by Gasteiger charge is 2.07. The Labute approximate surface area is 119 Å². The van der Waals surface area contributed by atoms with E-state index in [0.717, 1.165) is 35.7 Å². The minimum Gasteiger partial charge on any atom is -0.351 e. The fourth-order valence-electron chi connectivity index (χ4n) is 1.48. The quantitative estimate of drug-likeness (QED) is 0.597. The zero-order chi connectivity index (χ0) is 13.5. The molecule has 1 aromatic rings. The van der Waals surface area contributed by atoms with E-state index >= 15 is 0 Å². The summed E-state index contributed by atoms with van der Waals surface area (Å²) in [6.07, 6.45) is 2.12. The lowest BCUT2D eigenvalue weighted by Gasteiger charge is -2.20. The molecule has 1 heterocycles. The fourth-order valence-corrected chi connectivity index (χ4v) is 2.54. The van der Waals surface area contributed by atoms with Gasteiger partial charge in [0.1, 0.15) is 0 Å². The summed E-state index contributed by atoms with van der Waals surface area (Å²) >= 11 is 5.62. The van der Waals surface area contributed by atoms with E-state index < -0.39 is 0 Å². The first-order chi connectivity index (χ1) is 8.50. The Morgan fingerprint density at radius 2 is 2.22 bits per heavy atom. The number of thiol groups is 1. The smallest absolute Gasteiger partial charge is 0.261 e. The van der Waals surface area contributed by atoms with E-state index in [-0.39, 0.29) is 5.91 Å². The van der Waals surface area contributed by atoms with Gasteiger partial charge in [-0.15, -0.1) is 24.0 Å². The van der Waals surface area contributed by atoms with E-state index in [1.165, 1.54) is 11.3 Å². The summed E-state index contributed by atoms with van der Waals surface area (Å²) in [5, 5.41) is 4.80. The second kappa shape index (κ2) is 7.81. The van der Waals surface area contributed by atoms with Crippen molar-refractivity contribution in [2.75, 3.05) is 20.1 Å². The first kappa shape index (κ1) is 15.5. The van der Waals surface area contributed by atoms with Crippen LogP contribution in [0.1, 0.15) is 36.4 Å². The van der Waals surface area contributed by atoms with Crippen LogP contribution in [-0.4, -0.2) is 37.0 Å². The van der Waals surface area contributed by atoms with Gasteiger partial charge in [0.25, 0.3) is 5.91 Å². The molecule has 1 amide bonds. The predicted octanol–water partition coefficient (Wildman–Crippen LogP) is 2.89. The maximum Gasteiger partial charge on any atom is 0.261 e. The molecular weight excluding hydrogens is 264 g/mol. The van der Waals surface area contributed by atoms with Gasteiger partial charge in [-0.3, -0.25) is 4.79 Å². The Kier molecular flexibility index (Phi) is 6.75. The molecule has 0 aliphatic heterocycles. The van der Waals surface area contributed by atoms with Crippen molar-refractivity contribution < 1.29 is 4.79 Å². The molecular formula is C13H22N2OS2. The van der Waals surface area contributed by atoms with Gasteiger partial charge in [0.15, 0.2) is 0 Å². The van der Waals surface area contributed by atoms with Gasteiger partial charge in [0, 0.05) is 22.9 Å². The van der Waals surface area contributed by atoms with E-state index in [1.807, 2.05) is 5.38 Å². The minimum absolute atomic E-state index is 0.0116. The van der Waals surface area contributed by atoms with Crippen LogP contribution in [0.5, 0.6) is 0 Å². The summed E-state index contributed by atoms with van der Waals surface area (Å²) in [7, 11) is 2.13. The summed E-state index contributed by atoms with van der Waals surface area (Å²) in [5.41, 5.74) is 0. The van der Waals surface area contributed by atoms with Crippen LogP contribution in [0.3, 0.4) is 0 Å². The predicted molar refractivity (Wildman–Crippen MR) is 80.9 cm³/mol. The largest absolute Gasteiger partial charge is 0.351 e. The summed E-state index contributed by atoms with van der Waals surface area (Å²) in [6, 6.07) is 2.38. The molecule has 0 spiro atoms. The fraction of sp³-hybridized carbons (Fsp3) is 0.615.